The number of aromatic hydroxyl groups is 1. The van der Waals surface area contributed by atoms with Crippen molar-refractivity contribution in [2.24, 2.45) is 0 Å². The summed E-state index contributed by atoms with van der Waals surface area (Å²) in [6.07, 6.45) is -0.0170. The molecule has 1 atom stereocenters. The fourth-order valence-corrected chi connectivity index (χ4v) is 2.30. The average Bonchev–Trinajstić information content (AvgIpc) is 2.72. The lowest BCUT2D eigenvalue weighted by atomic mass is 9.96. The van der Waals surface area contributed by atoms with E-state index in [0.29, 0.717) is 23.1 Å². The maximum absolute atomic E-state index is 11.2. The smallest absolute Gasteiger partial charge is 0.336 e. The molecule has 2 N–H and O–H groups in total. The van der Waals surface area contributed by atoms with E-state index in [-0.39, 0.29) is 11.3 Å². The first-order valence-corrected chi connectivity index (χ1v) is 6.04. The van der Waals surface area contributed by atoms with E-state index in [1.807, 2.05) is 0 Å². The Balaban J connectivity index is 2.18. The summed E-state index contributed by atoms with van der Waals surface area (Å²) in [6.45, 7) is 3.31. The van der Waals surface area contributed by atoms with E-state index < -0.39 is 17.3 Å². The van der Waals surface area contributed by atoms with E-state index in [1.165, 1.54) is 12.1 Å². The lowest BCUT2D eigenvalue weighted by Crippen LogP contribution is -2.39. The molecule has 1 aromatic carbocycles. The zero-order valence-electron chi connectivity index (χ0n) is 10.6. The highest BCUT2D eigenvalue weighted by molar-refractivity contribution is 5.87. The topological polar surface area (TPSA) is 79.9 Å². The molecule has 0 radical (unpaired) electrons. The van der Waals surface area contributed by atoms with E-state index in [4.69, 9.17) is 9.15 Å². The standard InChI is InChI=1S/C14H14O5/c1-14(2,17)11-5-8-10(18-11)6-9-7(13(8)16)3-4-12(15)19-9/h3-4,6,11,16-17H,5H2,1-2H3/t11-/m1/s1. The number of rotatable bonds is 1. The fraction of sp³-hybridized carbons (Fsp3) is 0.357. The zero-order chi connectivity index (χ0) is 13.8. The van der Waals surface area contributed by atoms with Crippen LogP contribution in [0.2, 0.25) is 0 Å². The van der Waals surface area contributed by atoms with Gasteiger partial charge >= 0.3 is 5.63 Å². The van der Waals surface area contributed by atoms with Gasteiger partial charge in [0.2, 0.25) is 0 Å². The molecule has 0 aliphatic carbocycles. The van der Waals surface area contributed by atoms with Gasteiger partial charge in [-0.25, -0.2) is 4.79 Å². The van der Waals surface area contributed by atoms with Gasteiger partial charge in [-0.05, 0) is 19.9 Å². The molecular formula is C14H14O5. The summed E-state index contributed by atoms with van der Waals surface area (Å²) in [6, 6.07) is 4.36. The third kappa shape index (κ3) is 1.86. The first kappa shape index (κ1) is 12.0. The monoisotopic (exact) mass is 262 g/mol. The quantitative estimate of drug-likeness (QED) is 0.762. The molecule has 2 heterocycles. The van der Waals surface area contributed by atoms with Gasteiger partial charge < -0.3 is 19.4 Å². The predicted molar refractivity (Wildman–Crippen MR) is 68.6 cm³/mol. The van der Waals surface area contributed by atoms with Gasteiger partial charge in [-0.1, -0.05) is 0 Å². The van der Waals surface area contributed by atoms with E-state index in [1.54, 1.807) is 19.9 Å². The number of fused-ring (bicyclic) bond motifs is 2. The third-order valence-electron chi connectivity index (χ3n) is 3.41. The molecule has 0 saturated carbocycles. The number of ether oxygens (including phenoxy) is 1. The van der Waals surface area contributed by atoms with E-state index >= 15 is 0 Å². The van der Waals surface area contributed by atoms with Gasteiger partial charge in [0.05, 0.1) is 11.0 Å². The first-order valence-electron chi connectivity index (χ1n) is 6.04. The summed E-state index contributed by atoms with van der Waals surface area (Å²) in [5.41, 5.74) is -0.587. The van der Waals surface area contributed by atoms with Gasteiger partial charge in [-0.3, -0.25) is 0 Å². The van der Waals surface area contributed by atoms with E-state index in [9.17, 15) is 15.0 Å². The van der Waals surface area contributed by atoms with Gasteiger partial charge in [0.25, 0.3) is 0 Å². The SMILES string of the molecule is CC(C)(O)[C@H]1Cc2c(cc3oc(=O)ccc3c2O)O1. The second-order valence-electron chi connectivity index (χ2n) is 5.33. The molecule has 1 aliphatic heterocycles. The van der Waals surface area contributed by atoms with Crippen LogP contribution >= 0.6 is 0 Å². The van der Waals surface area contributed by atoms with Crippen LogP contribution < -0.4 is 10.4 Å². The molecule has 3 rings (SSSR count). The molecule has 0 amide bonds. The molecule has 0 spiro atoms. The molecule has 0 unspecified atom stereocenters. The lowest BCUT2D eigenvalue weighted by molar-refractivity contribution is -0.0229. The molecule has 100 valence electrons. The molecule has 0 saturated heterocycles. The summed E-state index contributed by atoms with van der Waals surface area (Å²) >= 11 is 0. The molecule has 0 fully saturated rings. The summed E-state index contributed by atoms with van der Waals surface area (Å²) in [7, 11) is 0. The summed E-state index contributed by atoms with van der Waals surface area (Å²) in [5, 5.41) is 20.7. The predicted octanol–water partition coefficient (Wildman–Crippen LogP) is 1.57. The number of phenolic OH excluding ortho intramolecular Hbond substituents is 1. The third-order valence-corrected chi connectivity index (χ3v) is 3.41. The van der Waals surface area contributed by atoms with Crippen molar-refractivity contribution in [2.45, 2.75) is 32.0 Å². The maximum atomic E-state index is 11.2. The summed E-state index contributed by atoms with van der Waals surface area (Å²) in [4.78, 5) is 11.2. The Morgan fingerprint density at radius 3 is 2.79 bits per heavy atom. The number of hydrogen-bond donors (Lipinski definition) is 2. The molecule has 2 aromatic rings. The van der Waals surface area contributed by atoms with Crippen molar-refractivity contribution in [3.8, 4) is 11.5 Å². The molecular weight excluding hydrogens is 248 g/mol. The van der Waals surface area contributed by atoms with Crippen LogP contribution in [0.5, 0.6) is 11.5 Å². The van der Waals surface area contributed by atoms with Crippen LogP contribution in [0.25, 0.3) is 11.0 Å². The zero-order valence-corrected chi connectivity index (χ0v) is 10.6. The van der Waals surface area contributed by atoms with E-state index in [2.05, 4.69) is 0 Å². The van der Waals surface area contributed by atoms with Crippen molar-refractivity contribution in [3.63, 3.8) is 0 Å². The van der Waals surface area contributed by atoms with Gasteiger partial charge in [0, 0.05) is 24.1 Å². The first-order chi connectivity index (χ1) is 8.86. The van der Waals surface area contributed by atoms with Crippen molar-refractivity contribution in [1.82, 2.24) is 0 Å². The van der Waals surface area contributed by atoms with Gasteiger partial charge in [-0.15, -0.1) is 0 Å². The Kier molecular flexibility index (Phi) is 2.37. The Labute approximate surface area is 109 Å². The van der Waals surface area contributed by atoms with Crippen molar-refractivity contribution in [3.05, 3.63) is 34.2 Å². The van der Waals surface area contributed by atoms with Crippen molar-refractivity contribution in [2.75, 3.05) is 0 Å². The van der Waals surface area contributed by atoms with Crippen LogP contribution in [0.15, 0.2) is 27.4 Å². The molecule has 5 heteroatoms. The molecule has 1 aromatic heterocycles. The normalized spacial score (nSPS) is 18.4. The van der Waals surface area contributed by atoms with Crippen LogP contribution in [0.1, 0.15) is 19.4 Å². The number of benzene rings is 1. The molecule has 1 aliphatic rings. The second kappa shape index (κ2) is 3.74. The van der Waals surface area contributed by atoms with Gasteiger partial charge in [0.15, 0.2) is 0 Å². The second-order valence-corrected chi connectivity index (χ2v) is 5.33. The van der Waals surface area contributed by atoms with Crippen LogP contribution in [-0.2, 0) is 6.42 Å². The lowest BCUT2D eigenvalue weighted by Gasteiger charge is -2.24. The fourth-order valence-electron chi connectivity index (χ4n) is 2.30. The highest BCUT2D eigenvalue weighted by Crippen LogP contribution is 2.42. The summed E-state index contributed by atoms with van der Waals surface area (Å²) < 4.78 is 10.7. The van der Waals surface area contributed by atoms with E-state index in [0.717, 1.165) is 0 Å². The van der Waals surface area contributed by atoms with Gasteiger partial charge in [-0.2, -0.15) is 0 Å². The van der Waals surface area contributed by atoms with Crippen LogP contribution in [0.4, 0.5) is 0 Å². The van der Waals surface area contributed by atoms with Crippen LogP contribution in [0.3, 0.4) is 0 Å². The van der Waals surface area contributed by atoms with Crippen LogP contribution in [0, 0.1) is 0 Å². The highest BCUT2D eigenvalue weighted by atomic mass is 16.5. The Morgan fingerprint density at radius 2 is 2.11 bits per heavy atom. The Hall–Kier alpha value is -2.01. The number of aliphatic hydroxyl groups is 1. The largest absolute Gasteiger partial charge is 0.507 e. The minimum absolute atomic E-state index is 0.0444. The Morgan fingerprint density at radius 1 is 1.37 bits per heavy atom. The molecule has 0 bridgehead atoms. The molecule has 5 nitrogen and oxygen atoms in total. The minimum Gasteiger partial charge on any atom is -0.507 e. The minimum atomic E-state index is -1.02. The summed E-state index contributed by atoms with van der Waals surface area (Å²) in [5.74, 6) is 0.495. The van der Waals surface area contributed by atoms with Crippen molar-refractivity contribution >= 4 is 11.0 Å². The van der Waals surface area contributed by atoms with Gasteiger partial charge in [0.1, 0.15) is 23.2 Å². The van der Waals surface area contributed by atoms with Crippen LogP contribution in [-0.4, -0.2) is 21.9 Å². The molecule has 19 heavy (non-hydrogen) atoms. The van der Waals surface area contributed by atoms with Crippen molar-refractivity contribution in [1.29, 1.82) is 0 Å². The number of hydrogen-bond acceptors (Lipinski definition) is 5. The average molecular weight is 262 g/mol. The number of phenols is 1. The maximum Gasteiger partial charge on any atom is 0.336 e. The highest BCUT2D eigenvalue weighted by Gasteiger charge is 2.37. The van der Waals surface area contributed by atoms with Crippen molar-refractivity contribution < 1.29 is 19.4 Å². The Bertz CT molecular complexity index is 708.